The molecule has 0 aliphatic carbocycles. The molecule has 8 heteroatoms. The molecule has 0 aliphatic rings. The molecule has 0 aromatic heterocycles. The number of amides is 1. The van der Waals surface area contributed by atoms with Crippen LogP contribution in [0.3, 0.4) is 0 Å². The number of oxime groups is 1. The van der Waals surface area contributed by atoms with E-state index < -0.39 is 13.0 Å². The zero-order valence-electron chi connectivity index (χ0n) is 10.3. The second-order valence-electron chi connectivity index (χ2n) is 3.62. The highest BCUT2D eigenvalue weighted by molar-refractivity contribution is 5.86. The molecule has 0 spiro atoms. The Balaban J connectivity index is 4.06. The van der Waals surface area contributed by atoms with Gasteiger partial charge in [-0.25, -0.2) is 8.78 Å². The van der Waals surface area contributed by atoms with Gasteiger partial charge in [-0.2, -0.15) is 0 Å². The van der Waals surface area contributed by atoms with Gasteiger partial charge in [0.05, 0.1) is 19.6 Å². The number of ether oxygens (including phenoxy) is 1. The summed E-state index contributed by atoms with van der Waals surface area (Å²) in [7, 11) is 0. The third-order valence-corrected chi connectivity index (χ3v) is 2.03. The van der Waals surface area contributed by atoms with Gasteiger partial charge in [-0.1, -0.05) is 12.1 Å². The monoisotopic (exact) mass is 267 g/mol. The zero-order valence-corrected chi connectivity index (χ0v) is 10.3. The van der Waals surface area contributed by atoms with Crippen LogP contribution in [0.5, 0.6) is 0 Å². The van der Waals surface area contributed by atoms with Crippen LogP contribution < -0.4 is 5.73 Å². The van der Waals surface area contributed by atoms with Gasteiger partial charge in [-0.3, -0.25) is 4.79 Å². The van der Waals surface area contributed by atoms with E-state index in [-0.39, 0.29) is 31.3 Å². The Bertz CT molecular complexity index is 275. The van der Waals surface area contributed by atoms with E-state index in [4.69, 9.17) is 10.9 Å². The molecule has 0 aromatic carbocycles. The Kier molecular flexibility index (Phi) is 8.81. The predicted octanol–water partition coefficient (Wildman–Crippen LogP) is 0.643. The van der Waals surface area contributed by atoms with E-state index in [0.717, 1.165) is 0 Å². The first-order valence-corrected chi connectivity index (χ1v) is 5.61. The summed E-state index contributed by atoms with van der Waals surface area (Å²) in [5.41, 5.74) is 5.31. The minimum Gasteiger partial charge on any atom is -0.409 e. The Hall–Kier alpha value is -1.44. The van der Waals surface area contributed by atoms with Gasteiger partial charge in [-0.15, -0.1) is 0 Å². The van der Waals surface area contributed by atoms with Gasteiger partial charge >= 0.3 is 0 Å². The van der Waals surface area contributed by atoms with Crippen LogP contribution in [0.4, 0.5) is 8.78 Å². The maximum atomic E-state index is 11.8. The van der Waals surface area contributed by atoms with Crippen molar-refractivity contribution in [3.8, 4) is 0 Å². The van der Waals surface area contributed by atoms with Gasteiger partial charge in [-0.05, 0) is 6.42 Å². The fourth-order valence-corrected chi connectivity index (χ4v) is 1.28. The molecule has 0 bridgehead atoms. The van der Waals surface area contributed by atoms with Crippen molar-refractivity contribution in [2.24, 2.45) is 10.9 Å². The first-order valence-electron chi connectivity index (χ1n) is 5.61. The molecule has 0 aliphatic heterocycles. The first-order chi connectivity index (χ1) is 8.51. The summed E-state index contributed by atoms with van der Waals surface area (Å²) in [6.07, 6.45) is -1.84. The van der Waals surface area contributed by atoms with E-state index in [2.05, 4.69) is 9.89 Å². The molecule has 0 saturated carbocycles. The molecular weight excluding hydrogens is 248 g/mol. The van der Waals surface area contributed by atoms with E-state index in [1.165, 1.54) is 4.90 Å². The minimum atomic E-state index is -2.54. The molecule has 1 amide bonds. The molecule has 106 valence electrons. The molecular formula is C10H19F2N3O3. The zero-order chi connectivity index (χ0) is 14.0. The number of carbonyl (C=O) groups is 1. The lowest BCUT2D eigenvalue weighted by Gasteiger charge is -2.21. The van der Waals surface area contributed by atoms with Crippen LogP contribution in [-0.4, -0.2) is 54.6 Å². The number of hydrogen-bond donors (Lipinski definition) is 2. The smallest absolute Gasteiger partial charge is 0.261 e. The van der Waals surface area contributed by atoms with Gasteiger partial charge in [0.1, 0.15) is 6.61 Å². The van der Waals surface area contributed by atoms with Gasteiger partial charge in [0.25, 0.3) is 6.43 Å². The Morgan fingerprint density at radius 2 is 2.22 bits per heavy atom. The predicted molar refractivity (Wildman–Crippen MR) is 61.7 cm³/mol. The van der Waals surface area contributed by atoms with Gasteiger partial charge in [0.15, 0.2) is 5.84 Å². The summed E-state index contributed by atoms with van der Waals surface area (Å²) >= 11 is 0. The molecule has 0 aromatic rings. The van der Waals surface area contributed by atoms with E-state index in [1.807, 2.05) is 6.92 Å². The molecule has 0 fully saturated rings. The fourth-order valence-electron chi connectivity index (χ4n) is 1.28. The van der Waals surface area contributed by atoms with Crippen LogP contribution in [0, 0.1) is 0 Å². The molecule has 0 unspecified atom stereocenters. The number of nitrogens with zero attached hydrogens (tertiary/aromatic N) is 2. The van der Waals surface area contributed by atoms with Crippen molar-refractivity contribution in [1.82, 2.24) is 4.90 Å². The first kappa shape index (κ1) is 16.6. The normalized spacial score (nSPS) is 11.9. The van der Waals surface area contributed by atoms with Crippen LogP contribution in [-0.2, 0) is 9.53 Å². The van der Waals surface area contributed by atoms with Crippen LogP contribution in [0.15, 0.2) is 5.16 Å². The molecule has 0 rings (SSSR count). The molecule has 3 N–H and O–H groups in total. The van der Waals surface area contributed by atoms with Crippen molar-refractivity contribution < 1.29 is 23.5 Å². The van der Waals surface area contributed by atoms with Gasteiger partial charge in [0, 0.05) is 6.54 Å². The van der Waals surface area contributed by atoms with Crippen molar-refractivity contribution in [1.29, 1.82) is 0 Å². The Labute approximate surface area is 104 Å². The highest BCUT2D eigenvalue weighted by Gasteiger charge is 2.14. The number of rotatable bonds is 9. The molecule has 6 nitrogen and oxygen atoms in total. The summed E-state index contributed by atoms with van der Waals surface area (Å²) < 4.78 is 28.2. The quantitative estimate of drug-likeness (QED) is 0.211. The van der Waals surface area contributed by atoms with Crippen molar-refractivity contribution in [3.05, 3.63) is 0 Å². The summed E-state index contributed by atoms with van der Waals surface area (Å²) in [5, 5.41) is 11.2. The van der Waals surface area contributed by atoms with Crippen LogP contribution >= 0.6 is 0 Å². The third-order valence-electron chi connectivity index (χ3n) is 2.03. The molecule has 0 saturated heterocycles. The number of halogens is 2. The van der Waals surface area contributed by atoms with Crippen molar-refractivity contribution >= 4 is 11.7 Å². The van der Waals surface area contributed by atoms with Crippen molar-refractivity contribution in [2.75, 3.05) is 26.3 Å². The number of amidine groups is 1. The largest absolute Gasteiger partial charge is 0.409 e. The maximum absolute atomic E-state index is 11.8. The molecule has 0 atom stereocenters. The average Bonchev–Trinajstić information content (AvgIpc) is 2.33. The number of alkyl halides is 2. The summed E-state index contributed by atoms with van der Waals surface area (Å²) in [6, 6.07) is 0. The van der Waals surface area contributed by atoms with Crippen LogP contribution in [0.25, 0.3) is 0 Å². The maximum Gasteiger partial charge on any atom is 0.261 e. The summed E-state index contributed by atoms with van der Waals surface area (Å²) in [5.74, 6) is -0.358. The third kappa shape index (κ3) is 7.77. The lowest BCUT2D eigenvalue weighted by molar-refractivity contribution is -0.132. The standard InChI is InChI=1S/C10H19F2N3O3/c1-2-4-15(6-9(13)14-17)10(16)3-5-18-7-8(11)12/h8,17H,2-7H2,1H3,(H2,13,14). The Morgan fingerprint density at radius 1 is 1.56 bits per heavy atom. The molecule has 0 radical (unpaired) electrons. The van der Waals surface area contributed by atoms with E-state index >= 15 is 0 Å². The van der Waals surface area contributed by atoms with E-state index in [0.29, 0.717) is 13.0 Å². The summed E-state index contributed by atoms with van der Waals surface area (Å²) in [4.78, 5) is 13.1. The van der Waals surface area contributed by atoms with E-state index in [1.54, 1.807) is 0 Å². The molecule has 18 heavy (non-hydrogen) atoms. The van der Waals surface area contributed by atoms with Gasteiger partial charge in [0.2, 0.25) is 5.91 Å². The van der Waals surface area contributed by atoms with Crippen molar-refractivity contribution in [2.45, 2.75) is 26.2 Å². The highest BCUT2D eigenvalue weighted by atomic mass is 19.3. The van der Waals surface area contributed by atoms with Crippen LogP contribution in [0.2, 0.25) is 0 Å². The van der Waals surface area contributed by atoms with Gasteiger partial charge < -0.3 is 20.6 Å². The minimum absolute atomic E-state index is 0.00850. The summed E-state index contributed by atoms with van der Waals surface area (Å²) in [6.45, 7) is 1.59. The fraction of sp³-hybridized carbons (Fsp3) is 0.800. The lowest BCUT2D eigenvalue weighted by Crippen LogP contribution is -2.39. The van der Waals surface area contributed by atoms with Crippen molar-refractivity contribution in [3.63, 3.8) is 0 Å². The van der Waals surface area contributed by atoms with Crippen LogP contribution in [0.1, 0.15) is 19.8 Å². The number of carbonyl (C=O) groups excluding carboxylic acids is 1. The Morgan fingerprint density at radius 3 is 2.72 bits per heavy atom. The lowest BCUT2D eigenvalue weighted by atomic mass is 10.3. The SMILES string of the molecule is CCCN(CC(N)=NO)C(=O)CCOCC(F)F. The number of hydrogen-bond acceptors (Lipinski definition) is 4. The number of nitrogens with two attached hydrogens (primary N) is 1. The average molecular weight is 267 g/mol. The molecule has 0 heterocycles. The second-order valence-corrected chi connectivity index (χ2v) is 3.62. The topological polar surface area (TPSA) is 88.1 Å². The van der Waals surface area contributed by atoms with E-state index in [9.17, 15) is 13.6 Å². The second kappa shape index (κ2) is 9.58. The highest BCUT2D eigenvalue weighted by Crippen LogP contribution is 1.99.